The summed E-state index contributed by atoms with van der Waals surface area (Å²) in [5, 5.41) is 21.4. The topological polar surface area (TPSA) is 69.6 Å². The molecule has 0 aliphatic heterocycles. The van der Waals surface area contributed by atoms with Gasteiger partial charge in [0.25, 0.3) is 5.91 Å². The van der Waals surface area contributed by atoms with Gasteiger partial charge in [-0.05, 0) is 46.7 Å². The first-order valence-corrected chi connectivity index (χ1v) is 6.43. The van der Waals surface area contributed by atoms with Crippen LogP contribution in [-0.4, -0.2) is 28.8 Å². The van der Waals surface area contributed by atoms with Crippen molar-refractivity contribution in [1.29, 1.82) is 0 Å². The predicted octanol–water partition coefficient (Wildman–Crippen LogP) is 1.74. The molecule has 0 fully saturated rings. The number of hydrogen-bond acceptors (Lipinski definition) is 3. The van der Waals surface area contributed by atoms with E-state index in [2.05, 4.69) is 5.32 Å². The van der Waals surface area contributed by atoms with Gasteiger partial charge in [-0.2, -0.15) is 0 Å². The Labute approximate surface area is 114 Å². The third-order valence-electron chi connectivity index (χ3n) is 2.53. The second kappa shape index (κ2) is 6.20. The van der Waals surface area contributed by atoms with Crippen LogP contribution in [0.1, 0.15) is 24.2 Å². The summed E-state index contributed by atoms with van der Waals surface area (Å²) in [5.41, 5.74) is 0.391. The number of benzene rings is 1. The smallest absolute Gasteiger partial charge is 0.251 e. The van der Waals surface area contributed by atoms with Gasteiger partial charge in [-0.15, -0.1) is 0 Å². The lowest BCUT2D eigenvalue weighted by Crippen LogP contribution is -2.41. The van der Waals surface area contributed by atoms with Gasteiger partial charge in [-0.25, -0.2) is 0 Å². The van der Waals surface area contributed by atoms with Crippen molar-refractivity contribution >= 4 is 28.5 Å². The fraction of sp³-hybridized carbons (Fsp3) is 0.417. The van der Waals surface area contributed by atoms with Crippen molar-refractivity contribution in [1.82, 2.24) is 5.32 Å². The van der Waals surface area contributed by atoms with Crippen LogP contribution in [0.15, 0.2) is 18.2 Å². The summed E-state index contributed by atoms with van der Waals surface area (Å²) >= 11 is 1.99. The molecule has 0 aromatic heterocycles. The largest absolute Gasteiger partial charge is 0.507 e. The van der Waals surface area contributed by atoms with Gasteiger partial charge < -0.3 is 15.5 Å². The third kappa shape index (κ3) is 3.85. The van der Waals surface area contributed by atoms with Crippen LogP contribution < -0.4 is 5.32 Å². The van der Waals surface area contributed by atoms with Crippen LogP contribution >= 0.6 is 22.6 Å². The van der Waals surface area contributed by atoms with Crippen LogP contribution in [0.5, 0.6) is 5.75 Å². The van der Waals surface area contributed by atoms with Gasteiger partial charge in [-0.1, -0.05) is 13.8 Å². The van der Waals surface area contributed by atoms with Gasteiger partial charge in [0.15, 0.2) is 0 Å². The molecule has 1 unspecified atom stereocenters. The zero-order valence-corrected chi connectivity index (χ0v) is 11.9. The van der Waals surface area contributed by atoms with Crippen molar-refractivity contribution < 1.29 is 15.0 Å². The third-order valence-corrected chi connectivity index (χ3v) is 3.44. The zero-order valence-electron chi connectivity index (χ0n) is 9.77. The lowest BCUT2D eigenvalue weighted by Gasteiger charge is -2.19. The first-order valence-electron chi connectivity index (χ1n) is 5.36. The van der Waals surface area contributed by atoms with Crippen molar-refractivity contribution in [2.45, 2.75) is 19.9 Å². The van der Waals surface area contributed by atoms with E-state index in [-0.39, 0.29) is 30.2 Å². The number of hydrogen-bond donors (Lipinski definition) is 3. The molecule has 0 aliphatic carbocycles. The Kier molecular flexibility index (Phi) is 5.20. The lowest BCUT2D eigenvalue weighted by molar-refractivity contribution is 0.0896. The Morgan fingerprint density at radius 3 is 2.59 bits per heavy atom. The average Bonchev–Trinajstić information content (AvgIpc) is 2.28. The fourth-order valence-corrected chi connectivity index (χ4v) is 1.66. The van der Waals surface area contributed by atoms with Gasteiger partial charge in [0.05, 0.1) is 16.2 Å². The van der Waals surface area contributed by atoms with E-state index in [1.54, 1.807) is 12.1 Å². The molecule has 1 aromatic carbocycles. The van der Waals surface area contributed by atoms with E-state index in [0.717, 1.165) is 0 Å². The highest BCUT2D eigenvalue weighted by Crippen LogP contribution is 2.20. The van der Waals surface area contributed by atoms with Crippen molar-refractivity contribution in [2.75, 3.05) is 6.61 Å². The molecule has 1 rings (SSSR count). The van der Waals surface area contributed by atoms with Crippen LogP contribution in [0.3, 0.4) is 0 Å². The summed E-state index contributed by atoms with van der Waals surface area (Å²) in [6.07, 6.45) is 0. The molecule has 0 radical (unpaired) electrons. The number of aliphatic hydroxyl groups is 1. The SMILES string of the molecule is CC(C)C(CO)NC(=O)c1ccc(I)c(O)c1. The Hall–Kier alpha value is -0.820. The summed E-state index contributed by atoms with van der Waals surface area (Å²) in [5.74, 6) is -0.0470. The van der Waals surface area contributed by atoms with Crippen molar-refractivity contribution in [3.8, 4) is 5.75 Å². The van der Waals surface area contributed by atoms with Crippen LogP contribution in [0.4, 0.5) is 0 Å². The molecule has 3 N–H and O–H groups in total. The van der Waals surface area contributed by atoms with E-state index >= 15 is 0 Å². The number of amides is 1. The van der Waals surface area contributed by atoms with Crippen LogP contribution in [-0.2, 0) is 0 Å². The molecule has 1 amide bonds. The number of carbonyl (C=O) groups excluding carboxylic acids is 1. The van der Waals surface area contributed by atoms with E-state index < -0.39 is 0 Å². The van der Waals surface area contributed by atoms with Crippen molar-refractivity contribution in [3.63, 3.8) is 0 Å². The number of aromatic hydroxyl groups is 1. The van der Waals surface area contributed by atoms with Crippen LogP contribution in [0, 0.1) is 9.49 Å². The van der Waals surface area contributed by atoms with Gasteiger partial charge in [0.2, 0.25) is 0 Å². The number of phenolic OH excluding ortho intramolecular Hbond substituents is 1. The minimum atomic E-state index is -0.288. The normalized spacial score (nSPS) is 12.5. The van der Waals surface area contributed by atoms with E-state index in [9.17, 15) is 9.90 Å². The molecule has 0 saturated carbocycles. The minimum absolute atomic E-state index is 0.0864. The maximum atomic E-state index is 11.8. The predicted molar refractivity (Wildman–Crippen MR) is 74.0 cm³/mol. The quantitative estimate of drug-likeness (QED) is 0.726. The Bertz CT molecular complexity index is 407. The highest BCUT2D eigenvalue weighted by atomic mass is 127. The summed E-state index contributed by atoms with van der Waals surface area (Å²) in [4.78, 5) is 11.8. The van der Waals surface area contributed by atoms with E-state index in [4.69, 9.17) is 5.11 Å². The Morgan fingerprint density at radius 2 is 2.12 bits per heavy atom. The van der Waals surface area contributed by atoms with Gasteiger partial charge in [0, 0.05) is 5.56 Å². The molecule has 94 valence electrons. The monoisotopic (exact) mass is 349 g/mol. The van der Waals surface area contributed by atoms with E-state index in [0.29, 0.717) is 9.13 Å². The Balaban J connectivity index is 2.79. The van der Waals surface area contributed by atoms with Crippen LogP contribution in [0.25, 0.3) is 0 Å². The van der Waals surface area contributed by atoms with Crippen molar-refractivity contribution in [3.05, 3.63) is 27.3 Å². The number of phenols is 1. The summed E-state index contributed by atoms with van der Waals surface area (Å²) < 4.78 is 0.696. The molecule has 0 saturated heterocycles. The maximum absolute atomic E-state index is 11.8. The van der Waals surface area contributed by atoms with E-state index in [1.807, 2.05) is 36.4 Å². The first kappa shape index (κ1) is 14.2. The molecule has 0 heterocycles. The molecule has 0 bridgehead atoms. The Morgan fingerprint density at radius 1 is 1.47 bits per heavy atom. The number of nitrogens with one attached hydrogen (secondary N) is 1. The lowest BCUT2D eigenvalue weighted by atomic mass is 10.0. The summed E-state index contributed by atoms with van der Waals surface area (Å²) in [7, 11) is 0. The molecule has 0 aliphatic rings. The molecular weight excluding hydrogens is 333 g/mol. The summed E-state index contributed by atoms with van der Waals surface area (Å²) in [6.45, 7) is 3.75. The molecule has 1 atom stereocenters. The number of aliphatic hydroxyl groups excluding tert-OH is 1. The van der Waals surface area contributed by atoms with Gasteiger partial charge in [0.1, 0.15) is 5.75 Å². The first-order chi connectivity index (χ1) is 7.95. The van der Waals surface area contributed by atoms with Crippen LogP contribution in [0.2, 0.25) is 0 Å². The standard InChI is InChI=1S/C12H16INO3/c1-7(2)10(6-15)14-12(17)8-3-4-9(13)11(16)5-8/h3-5,7,10,15-16H,6H2,1-2H3,(H,14,17). The number of halogens is 1. The molecule has 5 heteroatoms. The minimum Gasteiger partial charge on any atom is -0.507 e. The second-order valence-corrected chi connectivity index (χ2v) is 5.33. The highest BCUT2D eigenvalue weighted by molar-refractivity contribution is 14.1. The number of rotatable bonds is 4. The highest BCUT2D eigenvalue weighted by Gasteiger charge is 2.16. The number of carbonyl (C=O) groups is 1. The molecule has 1 aromatic rings. The average molecular weight is 349 g/mol. The fourth-order valence-electron chi connectivity index (χ4n) is 1.33. The molecule has 4 nitrogen and oxygen atoms in total. The van der Waals surface area contributed by atoms with Crippen molar-refractivity contribution in [2.24, 2.45) is 5.92 Å². The van der Waals surface area contributed by atoms with Gasteiger partial charge in [-0.3, -0.25) is 4.79 Å². The maximum Gasteiger partial charge on any atom is 0.251 e. The molecular formula is C12H16INO3. The second-order valence-electron chi connectivity index (χ2n) is 4.17. The zero-order chi connectivity index (χ0) is 13.0. The van der Waals surface area contributed by atoms with E-state index in [1.165, 1.54) is 6.07 Å². The van der Waals surface area contributed by atoms with Gasteiger partial charge >= 0.3 is 0 Å². The molecule has 0 spiro atoms. The molecule has 17 heavy (non-hydrogen) atoms. The summed E-state index contributed by atoms with van der Waals surface area (Å²) in [6, 6.07) is 4.47.